The highest BCUT2D eigenvalue weighted by Crippen LogP contribution is 2.27. The molecule has 2 aromatic heterocycles. The van der Waals surface area contributed by atoms with Crippen LogP contribution in [0.2, 0.25) is 0 Å². The number of piperidine rings is 1. The SMILES string of the molecule is Cl.O=C(CCc1nc(-c2cc(Br)cs2)no1)N[C@H]1CCCNC1. The van der Waals surface area contributed by atoms with E-state index in [4.69, 9.17) is 4.52 Å². The lowest BCUT2D eigenvalue weighted by Gasteiger charge is -2.23. The van der Waals surface area contributed by atoms with E-state index < -0.39 is 0 Å². The summed E-state index contributed by atoms with van der Waals surface area (Å²) < 4.78 is 6.21. The van der Waals surface area contributed by atoms with Crippen molar-refractivity contribution in [1.29, 1.82) is 0 Å². The molecule has 0 bridgehead atoms. The van der Waals surface area contributed by atoms with Crippen LogP contribution in [0.4, 0.5) is 0 Å². The van der Waals surface area contributed by atoms with Crippen molar-refractivity contribution in [3.8, 4) is 10.7 Å². The maximum absolute atomic E-state index is 11.9. The molecule has 0 unspecified atom stereocenters. The third-order valence-corrected chi connectivity index (χ3v) is 5.17. The van der Waals surface area contributed by atoms with Crippen molar-refractivity contribution in [1.82, 2.24) is 20.8 Å². The summed E-state index contributed by atoms with van der Waals surface area (Å²) in [7, 11) is 0. The molecule has 3 heterocycles. The third-order valence-electron chi connectivity index (χ3n) is 3.48. The largest absolute Gasteiger partial charge is 0.352 e. The number of aryl methyl sites for hydroxylation is 1. The molecule has 9 heteroatoms. The molecule has 2 N–H and O–H groups in total. The van der Waals surface area contributed by atoms with Gasteiger partial charge in [0.25, 0.3) is 0 Å². The summed E-state index contributed by atoms with van der Waals surface area (Å²) in [5.74, 6) is 1.10. The zero-order valence-electron chi connectivity index (χ0n) is 12.4. The van der Waals surface area contributed by atoms with Crippen LogP contribution in [-0.4, -0.2) is 35.2 Å². The van der Waals surface area contributed by atoms with Gasteiger partial charge in [-0.25, -0.2) is 0 Å². The van der Waals surface area contributed by atoms with Gasteiger partial charge >= 0.3 is 0 Å². The van der Waals surface area contributed by atoms with E-state index in [1.165, 1.54) is 0 Å². The van der Waals surface area contributed by atoms with Gasteiger partial charge in [-0.1, -0.05) is 5.16 Å². The molecular formula is C14H18BrClN4O2S. The van der Waals surface area contributed by atoms with Crippen molar-refractivity contribution in [3.05, 3.63) is 21.8 Å². The van der Waals surface area contributed by atoms with Crippen LogP contribution in [0.15, 0.2) is 20.4 Å². The Morgan fingerprint density at radius 1 is 1.57 bits per heavy atom. The fourth-order valence-corrected chi connectivity index (χ4v) is 3.73. The zero-order valence-corrected chi connectivity index (χ0v) is 15.6. The summed E-state index contributed by atoms with van der Waals surface area (Å²) in [5.41, 5.74) is 0. The Morgan fingerprint density at radius 3 is 3.13 bits per heavy atom. The molecule has 0 saturated carbocycles. The van der Waals surface area contributed by atoms with E-state index >= 15 is 0 Å². The molecule has 0 radical (unpaired) electrons. The van der Waals surface area contributed by atoms with Gasteiger partial charge in [-0.05, 0) is 41.4 Å². The summed E-state index contributed by atoms with van der Waals surface area (Å²) in [5, 5.41) is 12.2. The second-order valence-corrected chi connectivity index (χ2v) is 7.08. The summed E-state index contributed by atoms with van der Waals surface area (Å²) >= 11 is 4.94. The van der Waals surface area contributed by atoms with Crippen LogP contribution < -0.4 is 10.6 Å². The predicted octanol–water partition coefficient (Wildman–Crippen LogP) is 2.78. The van der Waals surface area contributed by atoms with Crippen molar-refractivity contribution in [3.63, 3.8) is 0 Å². The first-order valence-corrected chi connectivity index (χ1v) is 8.95. The smallest absolute Gasteiger partial charge is 0.227 e. The number of nitrogens with zero attached hydrogens (tertiary/aromatic N) is 2. The van der Waals surface area contributed by atoms with Gasteiger partial charge in [0.1, 0.15) is 0 Å². The molecule has 1 aliphatic heterocycles. The second kappa shape index (κ2) is 8.77. The molecule has 2 aromatic rings. The lowest BCUT2D eigenvalue weighted by Crippen LogP contribution is -2.45. The maximum Gasteiger partial charge on any atom is 0.227 e. The van der Waals surface area contributed by atoms with E-state index in [0.29, 0.717) is 24.6 Å². The van der Waals surface area contributed by atoms with E-state index in [-0.39, 0.29) is 24.4 Å². The van der Waals surface area contributed by atoms with E-state index in [2.05, 4.69) is 36.7 Å². The molecule has 1 fully saturated rings. The number of hydrogen-bond donors (Lipinski definition) is 2. The van der Waals surface area contributed by atoms with Crippen molar-refractivity contribution in [2.75, 3.05) is 13.1 Å². The van der Waals surface area contributed by atoms with Crippen molar-refractivity contribution >= 4 is 45.6 Å². The lowest BCUT2D eigenvalue weighted by molar-refractivity contribution is -0.121. The van der Waals surface area contributed by atoms with Gasteiger partial charge in [-0.2, -0.15) is 4.98 Å². The number of halogens is 2. The van der Waals surface area contributed by atoms with Gasteiger partial charge in [-0.3, -0.25) is 4.79 Å². The molecule has 1 saturated heterocycles. The predicted molar refractivity (Wildman–Crippen MR) is 94.9 cm³/mol. The molecular weight excluding hydrogens is 404 g/mol. The number of carbonyl (C=O) groups is 1. The lowest BCUT2D eigenvalue weighted by atomic mass is 10.1. The number of nitrogens with one attached hydrogen (secondary N) is 2. The van der Waals surface area contributed by atoms with Crippen molar-refractivity contribution in [2.45, 2.75) is 31.7 Å². The fraction of sp³-hybridized carbons (Fsp3) is 0.500. The van der Waals surface area contributed by atoms with Crippen molar-refractivity contribution in [2.24, 2.45) is 0 Å². The van der Waals surface area contributed by atoms with Crippen LogP contribution in [0.3, 0.4) is 0 Å². The Morgan fingerprint density at radius 2 is 2.43 bits per heavy atom. The highest BCUT2D eigenvalue weighted by atomic mass is 79.9. The topological polar surface area (TPSA) is 80.0 Å². The van der Waals surface area contributed by atoms with Crippen LogP contribution in [0.1, 0.15) is 25.2 Å². The highest BCUT2D eigenvalue weighted by molar-refractivity contribution is 9.10. The number of aromatic nitrogens is 2. The Bertz CT molecular complexity index is 642. The van der Waals surface area contributed by atoms with Crippen LogP contribution in [0.25, 0.3) is 10.7 Å². The Labute approximate surface area is 153 Å². The summed E-state index contributed by atoms with van der Waals surface area (Å²) in [4.78, 5) is 17.2. The minimum Gasteiger partial charge on any atom is -0.352 e. The normalized spacial score (nSPS) is 17.5. The number of hydrogen-bond acceptors (Lipinski definition) is 6. The first-order valence-electron chi connectivity index (χ1n) is 7.28. The van der Waals surface area contributed by atoms with Gasteiger partial charge in [0.05, 0.1) is 4.88 Å². The van der Waals surface area contributed by atoms with Crippen LogP contribution in [-0.2, 0) is 11.2 Å². The molecule has 0 spiro atoms. The average Bonchev–Trinajstić information content (AvgIpc) is 3.15. The highest BCUT2D eigenvalue weighted by Gasteiger charge is 2.16. The average molecular weight is 422 g/mol. The zero-order chi connectivity index (χ0) is 15.4. The van der Waals surface area contributed by atoms with Crippen LogP contribution >= 0.6 is 39.7 Å². The Balaban J connectivity index is 0.00000192. The van der Waals surface area contributed by atoms with Gasteiger partial charge in [0.2, 0.25) is 17.6 Å². The molecule has 1 aliphatic rings. The molecule has 0 aliphatic carbocycles. The Kier molecular flexibility index (Phi) is 7.01. The minimum atomic E-state index is 0. The quantitative estimate of drug-likeness (QED) is 0.776. The summed E-state index contributed by atoms with van der Waals surface area (Å²) in [6, 6.07) is 2.19. The minimum absolute atomic E-state index is 0. The summed E-state index contributed by atoms with van der Waals surface area (Å²) in [6.07, 6.45) is 2.98. The van der Waals surface area contributed by atoms with Crippen LogP contribution in [0, 0.1) is 0 Å². The standard InChI is InChI=1S/C14H17BrN4O2S.ClH/c15-9-6-11(22-8-9)14-18-13(21-19-14)4-3-12(20)17-10-2-1-5-16-7-10;/h6,8,10,16H,1-5,7H2,(H,17,20);1H/t10-;/m0./s1. The molecule has 1 atom stereocenters. The van der Waals surface area contributed by atoms with Crippen LogP contribution in [0.5, 0.6) is 0 Å². The number of carbonyl (C=O) groups excluding carboxylic acids is 1. The van der Waals surface area contributed by atoms with E-state index in [1.807, 2.05) is 11.4 Å². The molecule has 0 aromatic carbocycles. The van der Waals surface area contributed by atoms with Crippen molar-refractivity contribution < 1.29 is 9.32 Å². The Hall–Kier alpha value is -0.960. The molecule has 23 heavy (non-hydrogen) atoms. The number of thiophene rings is 1. The van der Waals surface area contributed by atoms with Gasteiger partial charge in [0, 0.05) is 35.3 Å². The third kappa shape index (κ3) is 5.27. The fourth-order valence-electron chi connectivity index (χ4n) is 2.38. The molecule has 6 nitrogen and oxygen atoms in total. The monoisotopic (exact) mass is 420 g/mol. The maximum atomic E-state index is 11.9. The van der Waals surface area contributed by atoms with E-state index in [0.717, 1.165) is 35.3 Å². The summed E-state index contributed by atoms with van der Waals surface area (Å²) in [6.45, 7) is 1.89. The number of rotatable bonds is 5. The van der Waals surface area contributed by atoms with Gasteiger partial charge in [0.15, 0.2) is 0 Å². The van der Waals surface area contributed by atoms with E-state index in [1.54, 1.807) is 11.3 Å². The number of amides is 1. The first kappa shape index (κ1) is 18.4. The van der Waals surface area contributed by atoms with Gasteiger partial charge in [-0.15, -0.1) is 23.7 Å². The first-order chi connectivity index (χ1) is 10.7. The molecule has 126 valence electrons. The van der Waals surface area contributed by atoms with Gasteiger partial charge < -0.3 is 15.2 Å². The second-order valence-electron chi connectivity index (χ2n) is 5.25. The molecule has 3 rings (SSSR count). The van der Waals surface area contributed by atoms with E-state index in [9.17, 15) is 4.79 Å². The molecule has 1 amide bonds.